The molecule has 0 bridgehead atoms. The SMILES string of the molecule is COc1c(C)cc(N(C)C(=O)CS)c(C)c1C. The third-order valence-electron chi connectivity index (χ3n) is 3.07. The van der Waals surface area contributed by atoms with E-state index in [1.165, 1.54) is 0 Å². The highest BCUT2D eigenvalue weighted by atomic mass is 32.1. The van der Waals surface area contributed by atoms with Gasteiger partial charge in [0.05, 0.1) is 12.9 Å². The fourth-order valence-electron chi connectivity index (χ4n) is 1.94. The van der Waals surface area contributed by atoms with Crippen molar-refractivity contribution in [3.05, 3.63) is 22.8 Å². The van der Waals surface area contributed by atoms with Gasteiger partial charge in [0, 0.05) is 12.7 Å². The van der Waals surface area contributed by atoms with E-state index in [0.717, 1.165) is 28.1 Å². The zero-order valence-corrected chi connectivity index (χ0v) is 11.9. The lowest BCUT2D eigenvalue weighted by Crippen LogP contribution is -2.28. The van der Waals surface area contributed by atoms with E-state index in [0.29, 0.717) is 0 Å². The molecule has 0 aliphatic rings. The van der Waals surface area contributed by atoms with Gasteiger partial charge in [0.25, 0.3) is 0 Å². The quantitative estimate of drug-likeness (QED) is 0.839. The summed E-state index contributed by atoms with van der Waals surface area (Å²) >= 11 is 4.01. The van der Waals surface area contributed by atoms with E-state index in [1.807, 2.05) is 26.8 Å². The Morgan fingerprint density at radius 1 is 1.35 bits per heavy atom. The van der Waals surface area contributed by atoms with E-state index >= 15 is 0 Å². The number of carbonyl (C=O) groups is 1. The topological polar surface area (TPSA) is 29.5 Å². The molecule has 94 valence electrons. The van der Waals surface area contributed by atoms with Gasteiger partial charge < -0.3 is 9.64 Å². The number of benzene rings is 1. The Bertz CT molecular complexity index is 444. The van der Waals surface area contributed by atoms with Crippen LogP contribution >= 0.6 is 12.6 Å². The van der Waals surface area contributed by atoms with Gasteiger partial charge in [-0.3, -0.25) is 4.79 Å². The average Bonchev–Trinajstić information content (AvgIpc) is 2.32. The molecular weight excluding hydrogens is 234 g/mol. The molecule has 17 heavy (non-hydrogen) atoms. The molecule has 0 unspecified atom stereocenters. The number of thiol groups is 1. The second-order valence-corrected chi connectivity index (χ2v) is 4.42. The summed E-state index contributed by atoms with van der Waals surface area (Å²) in [6, 6.07) is 1.97. The minimum absolute atomic E-state index is 0.0135. The molecule has 1 rings (SSSR count). The van der Waals surface area contributed by atoms with E-state index < -0.39 is 0 Å². The van der Waals surface area contributed by atoms with Crippen molar-refractivity contribution in [3.63, 3.8) is 0 Å². The highest BCUT2D eigenvalue weighted by Gasteiger charge is 2.16. The molecule has 0 heterocycles. The molecule has 0 aliphatic carbocycles. The Hall–Kier alpha value is -1.16. The molecule has 0 aliphatic heterocycles. The molecule has 0 spiro atoms. The summed E-state index contributed by atoms with van der Waals surface area (Å²) < 4.78 is 5.36. The summed E-state index contributed by atoms with van der Waals surface area (Å²) in [6.07, 6.45) is 0. The molecule has 0 radical (unpaired) electrons. The monoisotopic (exact) mass is 253 g/mol. The van der Waals surface area contributed by atoms with Crippen LogP contribution < -0.4 is 9.64 Å². The van der Waals surface area contributed by atoms with Crippen LogP contribution in [-0.2, 0) is 4.79 Å². The zero-order valence-electron chi connectivity index (χ0n) is 11.0. The first-order chi connectivity index (χ1) is 7.93. The number of carbonyl (C=O) groups excluding carboxylic acids is 1. The molecule has 0 saturated carbocycles. The Morgan fingerprint density at radius 3 is 2.41 bits per heavy atom. The van der Waals surface area contributed by atoms with Gasteiger partial charge in [-0.15, -0.1) is 0 Å². The van der Waals surface area contributed by atoms with Crippen LogP contribution in [0.15, 0.2) is 6.07 Å². The van der Waals surface area contributed by atoms with Crippen LogP contribution in [0.25, 0.3) is 0 Å². The van der Waals surface area contributed by atoms with Crippen molar-refractivity contribution in [3.8, 4) is 5.75 Å². The predicted molar refractivity (Wildman–Crippen MR) is 74.5 cm³/mol. The van der Waals surface area contributed by atoms with E-state index in [1.54, 1.807) is 19.1 Å². The first kappa shape index (κ1) is 13.9. The fraction of sp³-hybridized carbons (Fsp3) is 0.462. The molecule has 1 aromatic carbocycles. The number of anilines is 1. The maximum absolute atomic E-state index is 11.7. The lowest BCUT2D eigenvalue weighted by Gasteiger charge is -2.22. The Morgan fingerprint density at radius 2 is 1.94 bits per heavy atom. The van der Waals surface area contributed by atoms with Crippen LogP contribution in [0.1, 0.15) is 16.7 Å². The second kappa shape index (κ2) is 5.45. The summed E-state index contributed by atoms with van der Waals surface area (Å²) in [5.74, 6) is 1.08. The third-order valence-corrected chi connectivity index (χ3v) is 3.34. The molecule has 1 amide bonds. The van der Waals surface area contributed by atoms with Crippen molar-refractivity contribution < 1.29 is 9.53 Å². The summed E-state index contributed by atoms with van der Waals surface area (Å²) in [7, 11) is 3.43. The van der Waals surface area contributed by atoms with Gasteiger partial charge >= 0.3 is 0 Å². The van der Waals surface area contributed by atoms with Crippen molar-refractivity contribution in [1.82, 2.24) is 0 Å². The summed E-state index contributed by atoms with van der Waals surface area (Å²) in [6.45, 7) is 5.98. The molecule has 3 nitrogen and oxygen atoms in total. The molecule has 4 heteroatoms. The maximum Gasteiger partial charge on any atom is 0.236 e. The van der Waals surface area contributed by atoms with Crippen LogP contribution in [-0.4, -0.2) is 25.8 Å². The van der Waals surface area contributed by atoms with Crippen LogP contribution in [0.2, 0.25) is 0 Å². The van der Waals surface area contributed by atoms with Gasteiger partial charge in [0.2, 0.25) is 5.91 Å². The molecule has 0 atom stereocenters. The first-order valence-electron chi connectivity index (χ1n) is 5.46. The third kappa shape index (κ3) is 2.57. The number of nitrogens with zero attached hydrogens (tertiary/aromatic N) is 1. The lowest BCUT2D eigenvalue weighted by atomic mass is 10.0. The summed E-state index contributed by atoms with van der Waals surface area (Å²) in [5.41, 5.74) is 4.08. The predicted octanol–water partition coefficient (Wildman–Crippen LogP) is 2.51. The maximum atomic E-state index is 11.7. The lowest BCUT2D eigenvalue weighted by molar-refractivity contribution is -0.115. The minimum Gasteiger partial charge on any atom is -0.496 e. The molecule has 1 aromatic rings. The van der Waals surface area contributed by atoms with Crippen molar-refractivity contribution in [1.29, 1.82) is 0 Å². The van der Waals surface area contributed by atoms with Crippen LogP contribution in [0.5, 0.6) is 5.75 Å². The van der Waals surface area contributed by atoms with Gasteiger partial charge in [-0.1, -0.05) is 0 Å². The number of hydrogen-bond acceptors (Lipinski definition) is 3. The zero-order chi connectivity index (χ0) is 13.2. The second-order valence-electron chi connectivity index (χ2n) is 4.11. The van der Waals surface area contributed by atoms with Crippen molar-refractivity contribution in [2.45, 2.75) is 20.8 Å². The highest BCUT2D eigenvalue weighted by Crippen LogP contribution is 2.33. The molecule has 0 aromatic heterocycles. The number of hydrogen-bond donors (Lipinski definition) is 1. The van der Waals surface area contributed by atoms with Crippen LogP contribution in [0.4, 0.5) is 5.69 Å². The number of methoxy groups -OCH3 is 1. The van der Waals surface area contributed by atoms with Crippen LogP contribution in [0.3, 0.4) is 0 Å². The molecular formula is C13H19NO2S. The molecule has 0 fully saturated rings. The first-order valence-corrected chi connectivity index (χ1v) is 6.09. The Kier molecular flexibility index (Phi) is 4.46. The highest BCUT2D eigenvalue weighted by molar-refractivity contribution is 7.81. The van der Waals surface area contributed by atoms with Gasteiger partial charge in [-0.25, -0.2) is 0 Å². The molecule has 0 N–H and O–H groups in total. The number of rotatable bonds is 3. The normalized spacial score (nSPS) is 10.2. The number of amides is 1. The fourth-order valence-corrected chi connectivity index (χ4v) is 2.15. The Balaban J connectivity index is 3.32. The van der Waals surface area contributed by atoms with Gasteiger partial charge in [0.1, 0.15) is 5.75 Å². The Labute approximate surface area is 108 Å². The van der Waals surface area contributed by atoms with Crippen molar-refractivity contribution >= 4 is 24.2 Å². The van der Waals surface area contributed by atoms with E-state index in [4.69, 9.17) is 4.74 Å². The minimum atomic E-state index is -0.0135. The smallest absolute Gasteiger partial charge is 0.236 e. The van der Waals surface area contributed by atoms with Gasteiger partial charge in [-0.2, -0.15) is 12.6 Å². The largest absolute Gasteiger partial charge is 0.496 e. The van der Waals surface area contributed by atoms with Crippen molar-refractivity contribution in [2.24, 2.45) is 0 Å². The number of aryl methyl sites for hydroxylation is 1. The average molecular weight is 253 g/mol. The van der Waals surface area contributed by atoms with Crippen molar-refractivity contribution in [2.75, 3.05) is 24.8 Å². The molecule has 0 saturated heterocycles. The van der Waals surface area contributed by atoms with E-state index in [9.17, 15) is 4.79 Å². The summed E-state index contributed by atoms with van der Waals surface area (Å²) in [4.78, 5) is 13.3. The van der Waals surface area contributed by atoms with Crippen LogP contribution in [0, 0.1) is 20.8 Å². The summed E-state index contributed by atoms with van der Waals surface area (Å²) in [5, 5.41) is 0. The van der Waals surface area contributed by atoms with E-state index in [-0.39, 0.29) is 11.7 Å². The standard InChI is InChI=1S/C13H19NO2S/c1-8-6-11(14(4)12(15)7-17)9(2)10(3)13(8)16-5/h6,17H,7H2,1-5H3. The van der Waals surface area contributed by atoms with Gasteiger partial charge in [-0.05, 0) is 43.5 Å². The van der Waals surface area contributed by atoms with Gasteiger partial charge in [0.15, 0.2) is 0 Å². The van der Waals surface area contributed by atoms with E-state index in [2.05, 4.69) is 12.6 Å². The number of ether oxygens (including phenoxy) is 1.